The number of rotatable bonds is 10. The minimum absolute atomic E-state index is 0.104. The number of para-hydroxylation sites is 1. The van der Waals surface area contributed by atoms with Gasteiger partial charge in [-0.1, -0.05) is 38.0 Å². The van der Waals surface area contributed by atoms with Crippen LogP contribution >= 0.6 is 11.8 Å². The van der Waals surface area contributed by atoms with Crippen LogP contribution in [0.4, 0.5) is 11.4 Å². The monoisotopic (exact) mass is 522 g/mol. The van der Waals surface area contributed by atoms with Gasteiger partial charge in [0.15, 0.2) is 6.10 Å². The molecule has 192 valence electrons. The molecule has 0 bridgehead atoms. The van der Waals surface area contributed by atoms with Crippen molar-refractivity contribution in [2.75, 3.05) is 45.6 Å². The summed E-state index contributed by atoms with van der Waals surface area (Å²) in [6, 6.07) is 13.0. The molecule has 3 rings (SSSR count). The molecule has 0 saturated heterocycles. The molecule has 1 unspecified atom stereocenters. The van der Waals surface area contributed by atoms with Gasteiger partial charge in [0, 0.05) is 38.5 Å². The summed E-state index contributed by atoms with van der Waals surface area (Å²) < 4.78 is 45.0. The van der Waals surface area contributed by atoms with Gasteiger partial charge in [-0.2, -0.15) is 4.31 Å². The lowest BCUT2D eigenvalue weighted by Gasteiger charge is -2.29. The summed E-state index contributed by atoms with van der Waals surface area (Å²) in [6.07, 6.45) is 3.65. The summed E-state index contributed by atoms with van der Waals surface area (Å²) in [5, 5.41) is 0. The Morgan fingerprint density at radius 3 is 2.51 bits per heavy atom. The number of hydrogen-bond donors (Lipinski definition) is 0. The number of fused-ring (bicyclic) bond motifs is 1. The number of benzene rings is 2. The molecule has 10 heteroatoms. The molecule has 1 aliphatic rings. The minimum Gasteiger partial charge on any atom is -0.489 e. The summed E-state index contributed by atoms with van der Waals surface area (Å²) in [5.41, 5.74) is 1.53. The van der Waals surface area contributed by atoms with Gasteiger partial charge >= 0.3 is 5.97 Å². The molecule has 0 fully saturated rings. The second kappa shape index (κ2) is 12.1. The van der Waals surface area contributed by atoms with E-state index >= 15 is 0 Å². The quantitative estimate of drug-likeness (QED) is 0.337. The SMILES string of the molecule is CCCC[C@H]1CN(c2ccccc2)c2cc(SC)c(OCC(OC)C(=O)OC)cc2S(=O)(=O)N1C. The van der Waals surface area contributed by atoms with Crippen LogP contribution in [0.3, 0.4) is 0 Å². The van der Waals surface area contributed by atoms with Gasteiger partial charge in [0.1, 0.15) is 17.3 Å². The number of esters is 1. The van der Waals surface area contributed by atoms with Crippen molar-refractivity contribution in [2.24, 2.45) is 0 Å². The Morgan fingerprint density at radius 1 is 1.20 bits per heavy atom. The highest BCUT2D eigenvalue weighted by molar-refractivity contribution is 7.98. The van der Waals surface area contributed by atoms with E-state index in [1.165, 1.54) is 30.3 Å². The van der Waals surface area contributed by atoms with Gasteiger partial charge in [-0.25, -0.2) is 13.2 Å². The molecule has 0 aromatic heterocycles. The summed E-state index contributed by atoms with van der Waals surface area (Å²) >= 11 is 1.44. The second-order valence-corrected chi connectivity index (χ2v) is 11.1. The molecule has 2 aromatic carbocycles. The van der Waals surface area contributed by atoms with E-state index in [1.807, 2.05) is 42.7 Å². The molecule has 8 nitrogen and oxygen atoms in total. The zero-order valence-electron chi connectivity index (χ0n) is 20.9. The van der Waals surface area contributed by atoms with Crippen LogP contribution in [0.5, 0.6) is 5.75 Å². The maximum absolute atomic E-state index is 13.8. The highest BCUT2D eigenvalue weighted by Gasteiger charge is 2.37. The first kappa shape index (κ1) is 27.3. The minimum atomic E-state index is -3.81. The average Bonchev–Trinajstić information content (AvgIpc) is 2.95. The van der Waals surface area contributed by atoms with Crippen molar-refractivity contribution in [3.8, 4) is 5.75 Å². The van der Waals surface area contributed by atoms with Gasteiger partial charge < -0.3 is 19.1 Å². The third kappa shape index (κ3) is 5.94. The predicted molar refractivity (Wildman–Crippen MR) is 138 cm³/mol. The van der Waals surface area contributed by atoms with E-state index in [1.54, 1.807) is 13.1 Å². The van der Waals surface area contributed by atoms with Gasteiger partial charge in [0.05, 0.1) is 17.7 Å². The molecule has 35 heavy (non-hydrogen) atoms. The van der Waals surface area contributed by atoms with Crippen LogP contribution in [0.2, 0.25) is 0 Å². The highest BCUT2D eigenvalue weighted by Crippen LogP contribution is 2.43. The molecular weight excluding hydrogens is 488 g/mol. The topological polar surface area (TPSA) is 85.4 Å². The molecule has 0 radical (unpaired) electrons. The van der Waals surface area contributed by atoms with E-state index in [0.717, 1.165) is 29.8 Å². The van der Waals surface area contributed by atoms with Crippen LogP contribution < -0.4 is 9.64 Å². The molecule has 0 spiro atoms. The predicted octanol–water partition coefficient (Wildman–Crippen LogP) is 4.31. The van der Waals surface area contributed by atoms with Crippen LogP contribution in [0.1, 0.15) is 26.2 Å². The normalized spacial score (nSPS) is 18.4. The Labute approximate surface area is 212 Å². The van der Waals surface area contributed by atoms with E-state index in [0.29, 0.717) is 18.0 Å². The number of ether oxygens (including phenoxy) is 3. The largest absolute Gasteiger partial charge is 0.489 e. The maximum Gasteiger partial charge on any atom is 0.338 e. The number of hydrogen-bond acceptors (Lipinski definition) is 8. The van der Waals surface area contributed by atoms with Gasteiger partial charge in [-0.05, 0) is 30.9 Å². The lowest BCUT2D eigenvalue weighted by molar-refractivity contribution is -0.154. The number of unbranched alkanes of at least 4 members (excludes halogenated alkanes) is 1. The Kier molecular flexibility index (Phi) is 9.46. The van der Waals surface area contributed by atoms with E-state index in [2.05, 4.69) is 11.8 Å². The van der Waals surface area contributed by atoms with Crippen LogP contribution in [0.25, 0.3) is 0 Å². The van der Waals surface area contributed by atoms with E-state index in [4.69, 9.17) is 14.2 Å². The van der Waals surface area contributed by atoms with Crippen molar-refractivity contribution >= 4 is 39.1 Å². The van der Waals surface area contributed by atoms with Crippen LogP contribution in [0, 0.1) is 0 Å². The molecule has 1 heterocycles. The third-order valence-electron chi connectivity index (χ3n) is 6.20. The fourth-order valence-corrected chi connectivity index (χ4v) is 6.20. The zero-order chi connectivity index (χ0) is 25.6. The molecule has 2 aromatic rings. The van der Waals surface area contributed by atoms with Crippen molar-refractivity contribution in [1.82, 2.24) is 4.31 Å². The average molecular weight is 523 g/mol. The van der Waals surface area contributed by atoms with E-state index in [9.17, 15) is 13.2 Å². The number of thioether (sulfide) groups is 1. The highest BCUT2D eigenvalue weighted by atomic mass is 32.2. The van der Waals surface area contributed by atoms with Crippen molar-refractivity contribution in [3.05, 3.63) is 42.5 Å². The Bertz CT molecular complexity index is 1110. The number of sulfonamides is 1. The molecule has 1 aliphatic heterocycles. The number of nitrogens with zero attached hydrogens (tertiary/aromatic N) is 2. The van der Waals surface area contributed by atoms with Crippen molar-refractivity contribution in [1.29, 1.82) is 0 Å². The molecule has 0 saturated carbocycles. The number of carbonyl (C=O) groups is 1. The summed E-state index contributed by atoms with van der Waals surface area (Å²) in [7, 11) is 0.508. The lowest BCUT2D eigenvalue weighted by atomic mass is 10.1. The Morgan fingerprint density at radius 2 is 1.91 bits per heavy atom. The molecule has 0 aliphatic carbocycles. The summed E-state index contributed by atoms with van der Waals surface area (Å²) in [4.78, 5) is 14.9. The number of carbonyl (C=O) groups excluding carboxylic acids is 1. The standard InChI is InChI=1S/C25H34N2O6S2/c1-6-7-11-19-16-27(18-12-9-8-10-13-18)20-14-23(34-5)21(15-24(20)35(29,30)26(19)2)33-17-22(31-3)25(28)32-4/h8-10,12-15,19,22H,6-7,11,16-17H2,1-5H3/t19-,22?/m0/s1. The number of methoxy groups -OCH3 is 2. The zero-order valence-corrected chi connectivity index (χ0v) is 22.5. The smallest absolute Gasteiger partial charge is 0.338 e. The van der Waals surface area contributed by atoms with Crippen molar-refractivity contribution < 1.29 is 27.4 Å². The maximum atomic E-state index is 13.8. The first-order valence-electron chi connectivity index (χ1n) is 11.5. The van der Waals surface area contributed by atoms with Crippen molar-refractivity contribution in [3.63, 3.8) is 0 Å². The third-order valence-corrected chi connectivity index (χ3v) is 8.90. The van der Waals surface area contributed by atoms with Crippen LogP contribution in [0.15, 0.2) is 52.3 Å². The van der Waals surface area contributed by atoms with Crippen LogP contribution in [-0.2, 0) is 24.3 Å². The molecule has 2 atom stereocenters. The fraction of sp³-hybridized carbons (Fsp3) is 0.480. The van der Waals surface area contributed by atoms with E-state index in [-0.39, 0.29) is 17.5 Å². The first-order valence-corrected chi connectivity index (χ1v) is 14.2. The Hall–Kier alpha value is -2.27. The molecule has 0 amide bonds. The Balaban J connectivity index is 2.13. The van der Waals surface area contributed by atoms with Gasteiger partial charge in [-0.3, -0.25) is 0 Å². The van der Waals surface area contributed by atoms with Gasteiger partial charge in [-0.15, -0.1) is 11.8 Å². The summed E-state index contributed by atoms with van der Waals surface area (Å²) in [6.45, 7) is 2.53. The van der Waals surface area contributed by atoms with E-state index < -0.39 is 22.1 Å². The molecule has 0 N–H and O–H groups in total. The number of likely N-dealkylation sites (N-methyl/N-ethyl adjacent to an activating group) is 1. The summed E-state index contributed by atoms with van der Waals surface area (Å²) in [5.74, 6) is -0.187. The van der Waals surface area contributed by atoms with Crippen LogP contribution in [-0.4, -0.2) is 71.5 Å². The van der Waals surface area contributed by atoms with Gasteiger partial charge in [0.2, 0.25) is 10.0 Å². The molecular formula is C25H34N2O6S2. The second-order valence-electron chi connectivity index (χ2n) is 8.29. The number of anilines is 2. The van der Waals surface area contributed by atoms with Crippen molar-refractivity contribution in [2.45, 2.75) is 48.1 Å². The lowest BCUT2D eigenvalue weighted by Crippen LogP contribution is -2.40. The first-order chi connectivity index (χ1) is 16.8. The van der Waals surface area contributed by atoms with Gasteiger partial charge in [0.25, 0.3) is 0 Å². The fourth-order valence-electron chi connectivity index (χ4n) is 4.09.